The molecule has 47 heavy (non-hydrogen) atoms. The van der Waals surface area contributed by atoms with E-state index in [4.69, 9.17) is 23.2 Å². The number of amides is 2. The van der Waals surface area contributed by atoms with E-state index in [1.165, 1.54) is 30.5 Å². The number of rotatable bonds is 9. The molecule has 2 aliphatic rings. The van der Waals surface area contributed by atoms with E-state index in [9.17, 15) is 23.2 Å². The van der Waals surface area contributed by atoms with Gasteiger partial charge in [-0.3, -0.25) is 19.0 Å². The van der Waals surface area contributed by atoms with Gasteiger partial charge in [0.2, 0.25) is 11.6 Å². The van der Waals surface area contributed by atoms with E-state index in [0.29, 0.717) is 40.0 Å². The largest absolute Gasteiger partial charge is 0.347 e. The average molecular weight is 679 g/mol. The van der Waals surface area contributed by atoms with Gasteiger partial charge in [-0.25, -0.2) is 23.7 Å². The number of carbonyl (C=O) groups excluding carboxylic acids is 3. The average Bonchev–Trinajstić information content (AvgIpc) is 4.00. The van der Waals surface area contributed by atoms with Crippen molar-refractivity contribution >= 4 is 69.2 Å². The Labute approximate surface area is 277 Å². The smallest absolute Gasteiger partial charge is 0.291 e. The molecule has 2 aliphatic carbocycles. The Morgan fingerprint density at radius 1 is 0.872 bits per heavy atom. The maximum Gasteiger partial charge on any atom is 0.291 e. The number of carbonyl (C=O) groups is 3. The van der Waals surface area contributed by atoms with Crippen LogP contribution in [0.25, 0.3) is 16.9 Å². The second kappa shape index (κ2) is 13.8. The molecule has 0 aliphatic heterocycles. The predicted octanol–water partition coefficient (Wildman–Crippen LogP) is 7.03. The summed E-state index contributed by atoms with van der Waals surface area (Å²) >= 11 is 11.4. The van der Waals surface area contributed by atoms with Gasteiger partial charge >= 0.3 is 0 Å². The zero-order valence-electron chi connectivity index (χ0n) is 24.6. The van der Waals surface area contributed by atoms with Crippen LogP contribution in [0.2, 0.25) is 10.0 Å². The van der Waals surface area contributed by atoms with E-state index in [1.807, 2.05) is 0 Å². The molecule has 2 saturated carbocycles. The van der Waals surface area contributed by atoms with Gasteiger partial charge < -0.3 is 16.0 Å². The molecule has 3 heterocycles. The third-order valence-corrected chi connectivity index (χ3v) is 7.97. The minimum atomic E-state index is -0.666. The number of benzene rings is 2. The van der Waals surface area contributed by atoms with Crippen molar-refractivity contribution in [1.82, 2.24) is 24.8 Å². The number of anilines is 3. The highest BCUT2D eigenvalue weighted by atomic mass is 35.5. The van der Waals surface area contributed by atoms with Crippen LogP contribution in [-0.2, 0) is 9.59 Å². The van der Waals surface area contributed by atoms with Gasteiger partial charge in [0.05, 0.1) is 21.4 Å². The van der Waals surface area contributed by atoms with E-state index in [1.54, 1.807) is 47.2 Å². The lowest BCUT2D eigenvalue weighted by molar-refractivity contribution is -0.135. The zero-order chi connectivity index (χ0) is 33.1. The molecule has 0 radical (unpaired) electrons. The number of nitrogens with zero attached hydrogens (tertiary/aromatic N) is 4. The van der Waals surface area contributed by atoms with Crippen molar-refractivity contribution in [2.75, 3.05) is 10.6 Å². The lowest BCUT2D eigenvalue weighted by atomic mass is 10.2. The van der Waals surface area contributed by atoms with Crippen LogP contribution in [0, 0.1) is 17.6 Å². The number of hydrogen-bond donors (Lipinski definition) is 3. The van der Waals surface area contributed by atoms with Gasteiger partial charge in [-0.05, 0) is 92.3 Å². The van der Waals surface area contributed by atoms with Crippen LogP contribution in [0.15, 0.2) is 73.1 Å². The van der Waals surface area contributed by atoms with Crippen LogP contribution in [0.5, 0.6) is 0 Å². The number of aromatic nitrogens is 4. The molecular formula is C33H27Cl2F2N7O3. The Morgan fingerprint density at radius 3 is 2.28 bits per heavy atom. The summed E-state index contributed by atoms with van der Waals surface area (Å²) in [5.41, 5.74) is 2.30. The third kappa shape index (κ3) is 7.90. The summed E-state index contributed by atoms with van der Waals surface area (Å²) in [6.07, 6.45) is 7.35. The van der Waals surface area contributed by atoms with Gasteiger partial charge in [0.1, 0.15) is 17.2 Å². The third-order valence-electron chi connectivity index (χ3n) is 7.36. The van der Waals surface area contributed by atoms with Crippen LogP contribution in [0.3, 0.4) is 0 Å². The topological polar surface area (TPSA) is 131 Å². The highest BCUT2D eigenvalue weighted by Crippen LogP contribution is 2.33. The molecule has 240 valence electrons. The summed E-state index contributed by atoms with van der Waals surface area (Å²) in [6.45, 7) is 0. The molecule has 0 spiro atoms. The van der Waals surface area contributed by atoms with Gasteiger partial charge in [0, 0.05) is 30.5 Å². The van der Waals surface area contributed by atoms with E-state index in [-0.39, 0.29) is 34.2 Å². The SMILES string of the molecule is O=C(CC1CC1)C(=O)Nc1cccnc1Nc1ccc(Cl)c(F)c1.O=C(NC1CC1)c1nc2cccnc2n1-c1ccc(Cl)c(F)c1. The van der Waals surface area contributed by atoms with Gasteiger partial charge in [-0.1, -0.05) is 23.2 Å². The number of fused-ring (bicyclic) bond motifs is 1. The highest BCUT2D eigenvalue weighted by Gasteiger charge is 2.29. The van der Waals surface area contributed by atoms with Crippen LogP contribution in [0.4, 0.5) is 26.0 Å². The first-order valence-electron chi connectivity index (χ1n) is 14.8. The molecule has 0 bridgehead atoms. The van der Waals surface area contributed by atoms with Gasteiger partial charge in [-0.2, -0.15) is 0 Å². The molecule has 2 fully saturated rings. The number of Topliss-reactive ketones (excluding diaryl/α,β-unsaturated/α-hetero) is 1. The Hall–Kier alpha value is -4.94. The van der Waals surface area contributed by atoms with E-state index in [2.05, 4.69) is 30.9 Å². The molecule has 7 rings (SSSR count). The second-order valence-corrected chi connectivity index (χ2v) is 12.0. The summed E-state index contributed by atoms with van der Waals surface area (Å²) in [6, 6.07) is 15.5. The maximum atomic E-state index is 13.8. The molecule has 14 heteroatoms. The second-order valence-electron chi connectivity index (χ2n) is 11.1. The van der Waals surface area contributed by atoms with Gasteiger partial charge in [0.25, 0.3) is 11.8 Å². The lowest BCUT2D eigenvalue weighted by Gasteiger charge is -2.12. The molecule has 0 saturated heterocycles. The fraction of sp³-hybridized carbons (Fsp3) is 0.212. The van der Waals surface area contributed by atoms with Crippen molar-refractivity contribution in [1.29, 1.82) is 0 Å². The van der Waals surface area contributed by atoms with E-state index >= 15 is 0 Å². The summed E-state index contributed by atoms with van der Waals surface area (Å²) in [7, 11) is 0. The van der Waals surface area contributed by atoms with Crippen molar-refractivity contribution in [3.8, 4) is 5.69 Å². The van der Waals surface area contributed by atoms with Crippen molar-refractivity contribution in [2.24, 2.45) is 5.92 Å². The summed E-state index contributed by atoms with van der Waals surface area (Å²) in [5, 5.41) is 8.39. The molecule has 3 N–H and O–H groups in total. The number of ketones is 1. The zero-order valence-corrected chi connectivity index (χ0v) is 26.2. The fourth-order valence-corrected chi connectivity index (χ4v) is 4.83. The van der Waals surface area contributed by atoms with Gasteiger partial charge in [0.15, 0.2) is 11.5 Å². The molecule has 3 aromatic heterocycles. The number of imidazole rings is 1. The van der Waals surface area contributed by atoms with Gasteiger partial charge in [-0.15, -0.1) is 0 Å². The number of hydrogen-bond acceptors (Lipinski definition) is 7. The number of nitrogens with one attached hydrogen (secondary N) is 3. The van der Waals surface area contributed by atoms with E-state index in [0.717, 1.165) is 25.7 Å². The minimum Gasteiger partial charge on any atom is -0.347 e. The first-order chi connectivity index (χ1) is 22.7. The molecule has 0 atom stereocenters. The van der Waals surface area contributed by atoms with Crippen LogP contribution < -0.4 is 16.0 Å². The summed E-state index contributed by atoms with van der Waals surface area (Å²) in [4.78, 5) is 49.0. The Kier molecular flexibility index (Phi) is 9.41. The van der Waals surface area contributed by atoms with Crippen molar-refractivity contribution in [3.63, 3.8) is 0 Å². The first kappa shape index (κ1) is 32.0. The Bertz CT molecular complexity index is 2000. The molecule has 2 aromatic carbocycles. The van der Waals surface area contributed by atoms with Crippen LogP contribution in [0.1, 0.15) is 42.7 Å². The Balaban J connectivity index is 0.000000164. The highest BCUT2D eigenvalue weighted by molar-refractivity contribution is 6.41. The number of pyridine rings is 2. The molecule has 2 amide bonds. The summed E-state index contributed by atoms with van der Waals surface area (Å²) in [5.74, 6) is -1.69. The first-order valence-corrected chi connectivity index (χ1v) is 15.5. The molecular weight excluding hydrogens is 651 g/mol. The van der Waals surface area contributed by atoms with Crippen LogP contribution in [-0.4, -0.2) is 43.2 Å². The van der Waals surface area contributed by atoms with Crippen molar-refractivity contribution < 1.29 is 23.2 Å². The Morgan fingerprint density at radius 2 is 1.57 bits per heavy atom. The maximum absolute atomic E-state index is 13.8. The van der Waals surface area contributed by atoms with Crippen molar-refractivity contribution in [3.05, 3.63) is 101 Å². The van der Waals surface area contributed by atoms with Crippen molar-refractivity contribution in [2.45, 2.75) is 38.1 Å². The lowest BCUT2D eigenvalue weighted by Crippen LogP contribution is -2.28. The van der Waals surface area contributed by atoms with E-state index < -0.39 is 23.3 Å². The normalized spacial score (nSPS) is 13.8. The standard InChI is InChI=1S/C17H15ClFN3O2.C16H12ClFN4O/c18-12-6-5-11(9-13(12)19)21-16-14(2-1-7-20-16)22-17(24)15(23)8-10-3-4-10;17-11-6-5-10(8-12(11)18)22-14-13(2-1-7-19-14)21-15(22)16(23)20-9-3-4-9/h1-2,5-7,9-10H,3-4,8H2,(H,20,21)(H,22,24);1-2,5-9H,3-4H2,(H,20,23). The van der Waals surface area contributed by atoms with Crippen LogP contribution >= 0.6 is 23.2 Å². The quantitative estimate of drug-likeness (QED) is 0.143. The summed E-state index contributed by atoms with van der Waals surface area (Å²) < 4.78 is 28.9. The molecule has 0 unspecified atom stereocenters. The fourth-order valence-electron chi connectivity index (χ4n) is 4.60. The predicted molar refractivity (Wildman–Crippen MR) is 174 cm³/mol. The molecule has 10 nitrogen and oxygen atoms in total. The molecule has 5 aromatic rings. The monoisotopic (exact) mass is 677 g/mol. The number of halogens is 4. The minimum absolute atomic E-state index is 0.0146.